The zero-order chi connectivity index (χ0) is 15.0. The van der Waals surface area contributed by atoms with Crippen molar-refractivity contribution in [2.45, 2.75) is 6.04 Å². The van der Waals surface area contributed by atoms with Crippen LogP contribution in [-0.2, 0) is 9.53 Å². The van der Waals surface area contributed by atoms with Crippen molar-refractivity contribution >= 4 is 57.6 Å². The SMILES string of the molecule is CNC1COCC1C(=O)Nc1c(Cl)cc(Cl)c2nsnc12. The summed E-state index contributed by atoms with van der Waals surface area (Å²) in [4.78, 5) is 12.4. The first-order valence-corrected chi connectivity index (χ1v) is 7.76. The number of hydrogen-bond donors (Lipinski definition) is 2. The van der Waals surface area contributed by atoms with E-state index in [4.69, 9.17) is 27.9 Å². The monoisotopic (exact) mass is 346 g/mol. The summed E-state index contributed by atoms with van der Waals surface area (Å²) >= 11 is 13.3. The predicted molar refractivity (Wildman–Crippen MR) is 83.2 cm³/mol. The standard InChI is InChI=1S/C12H12Cl2N4O2S/c1-15-8-4-20-3-5(8)12(19)16-9-6(13)2-7(14)10-11(9)18-21-17-10/h2,5,8,15H,3-4H2,1H3,(H,16,19). The molecule has 21 heavy (non-hydrogen) atoms. The molecule has 1 saturated heterocycles. The van der Waals surface area contributed by atoms with E-state index in [2.05, 4.69) is 19.4 Å². The van der Waals surface area contributed by atoms with Gasteiger partial charge in [-0.15, -0.1) is 0 Å². The summed E-state index contributed by atoms with van der Waals surface area (Å²) in [6.07, 6.45) is 0. The number of ether oxygens (including phenoxy) is 1. The summed E-state index contributed by atoms with van der Waals surface area (Å²) in [6.45, 7) is 0.887. The molecule has 1 fully saturated rings. The number of nitrogens with one attached hydrogen (secondary N) is 2. The van der Waals surface area contributed by atoms with E-state index >= 15 is 0 Å². The van der Waals surface area contributed by atoms with E-state index < -0.39 is 0 Å². The largest absolute Gasteiger partial charge is 0.379 e. The minimum atomic E-state index is -0.275. The fourth-order valence-electron chi connectivity index (χ4n) is 2.31. The number of carbonyl (C=O) groups is 1. The maximum atomic E-state index is 12.4. The Labute approximate surface area is 135 Å². The van der Waals surface area contributed by atoms with Crippen LogP contribution < -0.4 is 10.6 Å². The number of nitrogens with zero attached hydrogens (tertiary/aromatic N) is 2. The quantitative estimate of drug-likeness (QED) is 0.890. The van der Waals surface area contributed by atoms with Crippen LogP contribution in [0.15, 0.2) is 6.07 Å². The molecule has 1 amide bonds. The van der Waals surface area contributed by atoms with Crippen LogP contribution in [0.3, 0.4) is 0 Å². The fraction of sp³-hybridized carbons (Fsp3) is 0.417. The van der Waals surface area contributed by atoms with Crippen LogP contribution in [-0.4, -0.2) is 41.0 Å². The molecule has 0 aliphatic carbocycles. The van der Waals surface area contributed by atoms with E-state index in [9.17, 15) is 4.79 Å². The number of hydrogen-bond acceptors (Lipinski definition) is 6. The Bertz CT molecular complexity index is 693. The smallest absolute Gasteiger partial charge is 0.231 e. The Kier molecular flexibility index (Phi) is 4.28. The van der Waals surface area contributed by atoms with Crippen molar-refractivity contribution < 1.29 is 9.53 Å². The Morgan fingerprint density at radius 2 is 2.10 bits per heavy atom. The molecule has 2 aromatic rings. The number of amides is 1. The highest BCUT2D eigenvalue weighted by Gasteiger charge is 2.33. The van der Waals surface area contributed by atoms with E-state index in [0.717, 1.165) is 11.7 Å². The van der Waals surface area contributed by atoms with E-state index in [1.54, 1.807) is 13.1 Å². The van der Waals surface area contributed by atoms with E-state index in [0.29, 0.717) is 40.0 Å². The number of likely N-dealkylation sites (N-methyl/N-ethyl adjacent to an activating group) is 1. The molecule has 1 aromatic carbocycles. The minimum Gasteiger partial charge on any atom is -0.379 e. The first-order chi connectivity index (χ1) is 10.1. The van der Waals surface area contributed by atoms with Gasteiger partial charge in [0.05, 0.1) is 46.6 Å². The first kappa shape index (κ1) is 14.9. The zero-order valence-corrected chi connectivity index (χ0v) is 13.3. The summed E-state index contributed by atoms with van der Waals surface area (Å²) in [7, 11) is 1.80. The molecule has 0 saturated carbocycles. The Balaban J connectivity index is 1.91. The Hall–Kier alpha value is -0.990. The van der Waals surface area contributed by atoms with Gasteiger partial charge in [-0.2, -0.15) is 8.75 Å². The normalized spacial score (nSPS) is 21.9. The molecule has 0 bridgehead atoms. The summed E-state index contributed by atoms with van der Waals surface area (Å²) in [5.41, 5.74) is 1.48. The van der Waals surface area contributed by atoms with Gasteiger partial charge in [-0.25, -0.2) is 0 Å². The Morgan fingerprint density at radius 3 is 2.86 bits per heavy atom. The van der Waals surface area contributed by atoms with Crippen molar-refractivity contribution in [3.05, 3.63) is 16.1 Å². The third-order valence-corrected chi connectivity index (χ3v) is 4.59. The van der Waals surface area contributed by atoms with Crippen molar-refractivity contribution in [3.63, 3.8) is 0 Å². The van der Waals surface area contributed by atoms with Gasteiger partial charge < -0.3 is 15.4 Å². The van der Waals surface area contributed by atoms with Crippen molar-refractivity contribution in [1.82, 2.24) is 14.1 Å². The maximum Gasteiger partial charge on any atom is 0.231 e. The second kappa shape index (κ2) is 6.02. The second-order valence-electron chi connectivity index (χ2n) is 4.71. The minimum absolute atomic E-state index is 0.0138. The van der Waals surface area contributed by atoms with Gasteiger partial charge in [0.25, 0.3) is 0 Å². The first-order valence-electron chi connectivity index (χ1n) is 6.28. The Morgan fingerprint density at radius 1 is 1.33 bits per heavy atom. The number of benzene rings is 1. The number of rotatable bonds is 3. The number of anilines is 1. The number of halogens is 2. The highest BCUT2D eigenvalue weighted by atomic mass is 35.5. The van der Waals surface area contributed by atoms with Crippen LogP contribution in [0, 0.1) is 5.92 Å². The molecule has 0 radical (unpaired) electrons. The van der Waals surface area contributed by atoms with Gasteiger partial charge in [-0.3, -0.25) is 4.79 Å². The molecular weight excluding hydrogens is 335 g/mol. The van der Waals surface area contributed by atoms with Gasteiger partial charge in [0, 0.05) is 6.04 Å². The molecule has 0 spiro atoms. The van der Waals surface area contributed by atoms with Gasteiger partial charge in [-0.05, 0) is 13.1 Å². The van der Waals surface area contributed by atoms with Crippen molar-refractivity contribution in [1.29, 1.82) is 0 Å². The van der Waals surface area contributed by atoms with Gasteiger partial charge >= 0.3 is 0 Å². The molecule has 2 N–H and O–H groups in total. The summed E-state index contributed by atoms with van der Waals surface area (Å²) in [5, 5.41) is 6.66. The number of fused-ring (bicyclic) bond motifs is 1. The molecule has 3 rings (SSSR count). The average Bonchev–Trinajstić information content (AvgIpc) is 3.11. The van der Waals surface area contributed by atoms with Gasteiger partial charge in [0.2, 0.25) is 5.91 Å². The lowest BCUT2D eigenvalue weighted by atomic mass is 10.0. The van der Waals surface area contributed by atoms with Crippen LogP contribution in [0.5, 0.6) is 0 Å². The number of carbonyl (C=O) groups excluding carboxylic acids is 1. The lowest BCUT2D eigenvalue weighted by molar-refractivity contribution is -0.120. The van der Waals surface area contributed by atoms with Crippen LogP contribution >= 0.6 is 34.9 Å². The molecule has 1 aliphatic rings. The third kappa shape index (κ3) is 2.72. The van der Waals surface area contributed by atoms with Crippen LogP contribution in [0.4, 0.5) is 5.69 Å². The van der Waals surface area contributed by atoms with Crippen LogP contribution in [0.2, 0.25) is 10.0 Å². The average molecular weight is 347 g/mol. The van der Waals surface area contributed by atoms with Gasteiger partial charge in [-0.1, -0.05) is 23.2 Å². The molecule has 6 nitrogen and oxygen atoms in total. The van der Waals surface area contributed by atoms with Crippen LogP contribution in [0.25, 0.3) is 11.0 Å². The van der Waals surface area contributed by atoms with Gasteiger partial charge in [0.1, 0.15) is 11.0 Å². The molecule has 112 valence electrons. The van der Waals surface area contributed by atoms with E-state index in [1.165, 1.54) is 0 Å². The lowest BCUT2D eigenvalue weighted by Gasteiger charge is -2.17. The molecule has 2 atom stereocenters. The van der Waals surface area contributed by atoms with E-state index in [1.807, 2.05) is 0 Å². The van der Waals surface area contributed by atoms with Crippen molar-refractivity contribution in [2.24, 2.45) is 5.92 Å². The van der Waals surface area contributed by atoms with Crippen molar-refractivity contribution in [2.75, 3.05) is 25.6 Å². The lowest BCUT2D eigenvalue weighted by Crippen LogP contribution is -2.39. The molecule has 2 heterocycles. The third-order valence-electron chi connectivity index (χ3n) is 3.48. The fourth-order valence-corrected chi connectivity index (χ4v) is 3.47. The summed E-state index contributed by atoms with van der Waals surface area (Å²) < 4.78 is 13.6. The zero-order valence-electron chi connectivity index (χ0n) is 11.0. The van der Waals surface area contributed by atoms with Crippen LogP contribution in [0.1, 0.15) is 0 Å². The predicted octanol–water partition coefficient (Wildman–Crippen LogP) is 2.17. The van der Waals surface area contributed by atoms with Gasteiger partial charge in [0.15, 0.2) is 0 Å². The molecule has 1 aliphatic heterocycles. The highest BCUT2D eigenvalue weighted by Crippen LogP contribution is 2.35. The maximum absolute atomic E-state index is 12.4. The molecular formula is C12H12Cl2N4O2S. The second-order valence-corrected chi connectivity index (χ2v) is 6.05. The molecule has 1 aromatic heterocycles. The summed E-state index contributed by atoms with van der Waals surface area (Å²) in [5.74, 6) is -0.436. The van der Waals surface area contributed by atoms with E-state index in [-0.39, 0.29) is 17.9 Å². The topological polar surface area (TPSA) is 76.1 Å². The van der Waals surface area contributed by atoms with Crippen molar-refractivity contribution in [3.8, 4) is 0 Å². The molecule has 2 unspecified atom stereocenters. The highest BCUT2D eigenvalue weighted by molar-refractivity contribution is 7.00. The molecule has 9 heteroatoms. The summed E-state index contributed by atoms with van der Waals surface area (Å²) in [6, 6.07) is 1.54. The number of aromatic nitrogens is 2.